The quantitative estimate of drug-likeness (QED) is 0.598. The molecule has 1 N–H and O–H groups in total. The number of nitrogens with zero attached hydrogens (tertiary/aromatic N) is 3. The van der Waals surface area contributed by atoms with Gasteiger partial charge in [-0.2, -0.15) is 4.98 Å². The van der Waals surface area contributed by atoms with E-state index in [4.69, 9.17) is 4.52 Å². The van der Waals surface area contributed by atoms with Crippen LogP contribution in [0, 0.1) is 6.92 Å². The third-order valence-corrected chi connectivity index (χ3v) is 5.45. The Kier molecular flexibility index (Phi) is 4.04. The van der Waals surface area contributed by atoms with Gasteiger partial charge in [-0.25, -0.2) is 4.79 Å². The molecule has 26 heavy (non-hydrogen) atoms. The van der Waals surface area contributed by atoms with Crippen molar-refractivity contribution >= 4 is 21.6 Å². The monoisotopic (exact) mass is 368 g/mol. The van der Waals surface area contributed by atoms with Crippen molar-refractivity contribution in [2.75, 3.05) is 0 Å². The van der Waals surface area contributed by atoms with Crippen LogP contribution < -0.4 is 11.2 Å². The number of fused-ring (bicyclic) bond motifs is 1. The SMILES string of the molecule is CCn1c(=O)[nH]c2sc(-c3nc(Cc4ccccc4)no3)c(C)c2c1=O. The Morgan fingerprint density at radius 1 is 1.23 bits per heavy atom. The zero-order valence-corrected chi connectivity index (χ0v) is 15.1. The average molecular weight is 368 g/mol. The van der Waals surface area contributed by atoms with E-state index in [-0.39, 0.29) is 5.56 Å². The van der Waals surface area contributed by atoms with Gasteiger partial charge in [-0.05, 0) is 25.0 Å². The predicted octanol–water partition coefficient (Wildman–Crippen LogP) is 2.72. The highest BCUT2D eigenvalue weighted by molar-refractivity contribution is 7.22. The first-order valence-corrected chi connectivity index (χ1v) is 9.03. The molecule has 1 aromatic carbocycles. The summed E-state index contributed by atoms with van der Waals surface area (Å²) in [5, 5.41) is 4.53. The maximum absolute atomic E-state index is 12.6. The van der Waals surface area contributed by atoms with Crippen LogP contribution in [0.2, 0.25) is 0 Å². The minimum Gasteiger partial charge on any atom is -0.333 e. The Labute approximate surface area is 151 Å². The van der Waals surface area contributed by atoms with Gasteiger partial charge in [0.1, 0.15) is 4.83 Å². The Bertz CT molecular complexity index is 1200. The van der Waals surface area contributed by atoms with Crippen molar-refractivity contribution in [3.63, 3.8) is 0 Å². The van der Waals surface area contributed by atoms with E-state index < -0.39 is 5.69 Å². The third-order valence-electron chi connectivity index (χ3n) is 4.26. The Morgan fingerprint density at radius 3 is 2.73 bits per heavy atom. The first kappa shape index (κ1) is 16.5. The molecular formula is C18H16N4O3S. The zero-order valence-electron chi connectivity index (χ0n) is 14.3. The Hall–Kier alpha value is -3.00. The number of nitrogens with one attached hydrogen (secondary N) is 1. The minimum absolute atomic E-state index is 0.296. The summed E-state index contributed by atoms with van der Waals surface area (Å²) >= 11 is 1.28. The Balaban J connectivity index is 1.78. The molecule has 0 spiro atoms. The molecule has 132 valence electrons. The number of aromatic nitrogens is 4. The van der Waals surface area contributed by atoms with Crippen LogP contribution in [0.15, 0.2) is 44.4 Å². The summed E-state index contributed by atoms with van der Waals surface area (Å²) in [6, 6.07) is 9.87. The average Bonchev–Trinajstić information content (AvgIpc) is 3.20. The number of benzene rings is 1. The smallest absolute Gasteiger partial charge is 0.329 e. The molecule has 0 amide bonds. The molecule has 0 aliphatic carbocycles. The molecule has 0 bridgehead atoms. The van der Waals surface area contributed by atoms with Gasteiger partial charge >= 0.3 is 5.69 Å². The van der Waals surface area contributed by atoms with Crippen molar-refractivity contribution in [2.24, 2.45) is 0 Å². The number of H-pyrrole nitrogens is 1. The van der Waals surface area contributed by atoms with Crippen molar-refractivity contribution in [2.45, 2.75) is 26.8 Å². The second-order valence-corrected chi connectivity index (χ2v) is 6.94. The van der Waals surface area contributed by atoms with E-state index in [0.29, 0.717) is 39.8 Å². The van der Waals surface area contributed by atoms with Crippen molar-refractivity contribution < 1.29 is 4.52 Å². The van der Waals surface area contributed by atoms with E-state index in [1.165, 1.54) is 15.9 Å². The summed E-state index contributed by atoms with van der Waals surface area (Å²) in [4.78, 5) is 33.0. The van der Waals surface area contributed by atoms with Gasteiger partial charge in [0.15, 0.2) is 5.82 Å². The molecule has 0 fully saturated rings. The lowest BCUT2D eigenvalue weighted by Crippen LogP contribution is -2.34. The molecule has 8 heteroatoms. The van der Waals surface area contributed by atoms with Crippen LogP contribution in [0.1, 0.15) is 23.9 Å². The summed E-state index contributed by atoms with van der Waals surface area (Å²) < 4.78 is 6.59. The maximum Gasteiger partial charge on any atom is 0.329 e. The number of aromatic amines is 1. The minimum atomic E-state index is -0.409. The number of hydrogen-bond donors (Lipinski definition) is 1. The molecule has 4 aromatic rings. The second kappa shape index (κ2) is 6.38. The molecule has 0 radical (unpaired) electrons. The topological polar surface area (TPSA) is 93.8 Å². The van der Waals surface area contributed by atoms with Gasteiger partial charge in [-0.15, -0.1) is 11.3 Å². The van der Waals surface area contributed by atoms with Crippen molar-refractivity contribution in [1.29, 1.82) is 0 Å². The normalized spacial score (nSPS) is 11.3. The second-order valence-electron chi connectivity index (χ2n) is 5.92. The molecule has 3 aromatic heterocycles. The van der Waals surface area contributed by atoms with Crippen LogP contribution in [-0.4, -0.2) is 19.7 Å². The molecule has 4 rings (SSSR count). The standard InChI is InChI=1S/C18H16N4O3S/c1-3-22-17(23)13-10(2)14(26-16(13)20-18(22)24)15-19-12(21-25-15)9-11-7-5-4-6-8-11/h4-8H,3,9H2,1-2H3,(H,20,24). The first-order chi connectivity index (χ1) is 12.6. The van der Waals surface area contributed by atoms with Crippen LogP contribution in [0.25, 0.3) is 21.0 Å². The largest absolute Gasteiger partial charge is 0.333 e. The summed E-state index contributed by atoms with van der Waals surface area (Å²) in [7, 11) is 0. The lowest BCUT2D eigenvalue weighted by atomic mass is 10.1. The summed E-state index contributed by atoms with van der Waals surface area (Å²) in [6.45, 7) is 3.91. The maximum atomic E-state index is 12.6. The summed E-state index contributed by atoms with van der Waals surface area (Å²) in [5.41, 5.74) is 1.12. The van der Waals surface area contributed by atoms with Crippen LogP contribution in [0.3, 0.4) is 0 Å². The molecule has 3 heterocycles. The predicted molar refractivity (Wildman–Crippen MR) is 99.7 cm³/mol. The Morgan fingerprint density at radius 2 is 2.00 bits per heavy atom. The number of aryl methyl sites for hydroxylation is 1. The van der Waals surface area contributed by atoms with Gasteiger partial charge in [-0.1, -0.05) is 35.5 Å². The number of hydrogen-bond acceptors (Lipinski definition) is 6. The lowest BCUT2D eigenvalue weighted by molar-refractivity contribution is 0.424. The highest BCUT2D eigenvalue weighted by Gasteiger charge is 2.20. The lowest BCUT2D eigenvalue weighted by Gasteiger charge is -1.99. The fraction of sp³-hybridized carbons (Fsp3) is 0.222. The van der Waals surface area contributed by atoms with Crippen molar-refractivity contribution in [1.82, 2.24) is 19.7 Å². The molecule has 0 saturated heterocycles. The third kappa shape index (κ3) is 2.68. The van der Waals surface area contributed by atoms with Crippen LogP contribution in [0.5, 0.6) is 0 Å². The van der Waals surface area contributed by atoms with Gasteiger partial charge in [0.05, 0.1) is 10.3 Å². The van der Waals surface area contributed by atoms with Gasteiger partial charge in [-0.3, -0.25) is 14.3 Å². The van der Waals surface area contributed by atoms with Gasteiger partial charge < -0.3 is 4.52 Å². The van der Waals surface area contributed by atoms with Crippen LogP contribution in [0.4, 0.5) is 0 Å². The van der Waals surface area contributed by atoms with E-state index in [1.54, 1.807) is 6.92 Å². The summed E-state index contributed by atoms with van der Waals surface area (Å²) in [5.74, 6) is 0.931. The van der Waals surface area contributed by atoms with Crippen LogP contribution in [-0.2, 0) is 13.0 Å². The fourth-order valence-corrected chi connectivity index (χ4v) is 4.05. The highest BCUT2D eigenvalue weighted by Crippen LogP contribution is 2.34. The highest BCUT2D eigenvalue weighted by atomic mass is 32.1. The zero-order chi connectivity index (χ0) is 18.3. The van der Waals surface area contributed by atoms with Crippen LogP contribution >= 0.6 is 11.3 Å². The van der Waals surface area contributed by atoms with E-state index in [9.17, 15) is 9.59 Å². The fourth-order valence-electron chi connectivity index (χ4n) is 2.94. The number of thiophene rings is 1. The molecule has 0 atom stereocenters. The van der Waals surface area contributed by atoms with Gasteiger partial charge in [0.25, 0.3) is 11.4 Å². The molecular weight excluding hydrogens is 352 g/mol. The van der Waals surface area contributed by atoms with Crippen molar-refractivity contribution in [3.05, 3.63) is 68.1 Å². The van der Waals surface area contributed by atoms with E-state index >= 15 is 0 Å². The van der Waals surface area contributed by atoms with Gasteiger partial charge in [0, 0.05) is 13.0 Å². The molecule has 7 nitrogen and oxygen atoms in total. The number of rotatable bonds is 4. The molecule has 0 aliphatic rings. The first-order valence-electron chi connectivity index (χ1n) is 8.21. The molecule has 0 unspecified atom stereocenters. The van der Waals surface area contributed by atoms with E-state index in [2.05, 4.69) is 15.1 Å². The van der Waals surface area contributed by atoms with Gasteiger partial charge in [0.2, 0.25) is 0 Å². The molecule has 0 saturated carbocycles. The van der Waals surface area contributed by atoms with E-state index in [0.717, 1.165) is 11.1 Å². The molecule has 0 aliphatic heterocycles. The van der Waals surface area contributed by atoms with E-state index in [1.807, 2.05) is 37.3 Å². The summed E-state index contributed by atoms with van der Waals surface area (Å²) in [6.07, 6.45) is 0.563. The van der Waals surface area contributed by atoms with Crippen molar-refractivity contribution in [3.8, 4) is 10.8 Å².